The van der Waals surface area contributed by atoms with E-state index in [9.17, 15) is 5.11 Å². The molecule has 484 valence electrons. The van der Waals surface area contributed by atoms with Crippen LogP contribution < -0.4 is 37.9 Å². The number of aromatic nitrogens is 8. The first-order chi connectivity index (χ1) is 47.5. The van der Waals surface area contributed by atoms with Crippen molar-refractivity contribution in [3.05, 3.63) is 348 Å². The van der Waals surface area contributed by atoms with Crippen LogP contribution in [-0.2, 0) is 63.9 Å². The molecule has 8 aromatic carbocycles. The van der Waals surface area contributed by atoms with Crippen molar-refractivity contribution in [2.24, 2.45) is 0 Å². The maximum atomic E-state index is 9.50. The third-order valence-corrected chi connectivity index (χ3v) is 14.5. The van der Waals surface area contributed by atoms with Gasteiger partial charge < -0.3 is 43.0 Å². The number of ether oxygens (including phenoxy) is 8. The highest BCUT2D eigenvalue weighted by Gasteiger charge is 2.18. The number of aliphatic hydroxyl groups excluding tert-OH is 1. The van der Waals surface area contributed by atoms with E-state index in [2.05, 4.69) is 75.6 Å². The summed E-state index contributed by atoms with van der Waals surface area (Å²) in [4.78, 5) is 33.6. The van der Waals surface area contributed by atoms with Crippen LogP contribution in [0, 0.1) is 0 Å². The topological polar surface area (TPSA) is 197 Å². The molecule has 0 bridgehead atoms. The van der Waals surface area contributed by atoms with Crippen molar-refractivity contribution in [1.29, 1.82) is 0 Å². The van der Waals surface area contributed by atoms with Gasteiger partial charge in [-0.1, -0.05) is 278 Å². The first-order valence-electron chi connectivity index (χ1n) is 30.6. The summed E-state index contributed by atoms with van der Waals surface area (Å²) in [5.74, 6) is 3.65. The number of hydrogen-bond donors (Lipinski definition) is 1. The zero-order valence-electron chi connectivity index (χ0n) is 52.7. The van der Waals surface area contributed by atoms with Crippen molar-refractivity contribution in [2.45, 2.75) is 63.9 Å². The summed E-state index contributed by atoms with van der Waals surface area (Å²) < 4.78 is 47.7. The SMILES string of the molecule is C=Cc1ncnc(OCc2ccccc2)c1OCc1ccccc1.C=Cc1ncnc(OCc2ccccc2)c1OCc1ccccc1.ICc1ncnc(OCc2ccccc2)c1OCc1ccccc1.OCc1ncnc(OCc2ccccc2)c1OCc1ccccc1. The van der Waals surface area contributed by atoms with Gasteiger partial charge in [0.05, 0.1) is 12.3 Å². The Kier molecular flexibility index (Phi) is 28.2. The van der Waals surface area contributed by atoms with Gasteiger partial charge in [-0.3, -0.25) is 0 Å². The molecule has 0 radical (unpaired) electrons. The van der Waals surface area contributed by atoms with Crippen LogP contribution in [0.1, 0.15) is 67.3 Å². The molecular weight excluding hydrogens is 1320 g/mol. The third-order valence-electron chi connectivity index (χ3n) is 13.7. The minimum atomic E-state index is -0.242. The Morgan fingerprint density at radius 2 is 0.479 bits per heavy atom. The molecule has 12 aromatic rings. The summed E-state index contributed by atoms with van der Waals surface area (Å²) in [6, 6.07) is 79.3. The molecule has 0 aliphatic heterocycles. The number of aliphatic hydroxyl groups is 1. The fraction of sp³-hybridized carbons (Fsp3) is 0.128. The van der Waals surface area contributed by atoms with Gasteiger partial charge in [0.25, 0.3) is 23.5 Å². The summed E-state index contributed by atoms with van der Waals surface area (Å²) in [5, 5.41) is 9.50. The van der Waals surface area contributed by atoms with Crippen LogP contribution in [0.5, 0.6) is 46.5 Å². The smallest absolute Gasteiger partial charge is 0.261 e. The zero-order valence-corrected chi connectivity index (χ0v) is 54.9. The predicted octanol–water partition coefficient (Wildman–Crippen LogP) is 16.3. The van der Waals surface area contributed by atoms with Crippen molar-refractivity contribution < 1.29 is 43.0 Å². The Morgan fingerprint density at radius 3 is 0.719 bits per heavy atom. The second kappa shape index (κ2) is 39.3. The van der Waals surface area contributed by atoms with E-state index in [4.69, 9.17) is 37.9 Å². The Labute approximate surface area is 573 Å². The van der Waals surface area contributed by atoms with Gasteiger partial charge in [0, 0.05) is 4.43 Å². The minimum Gasteiger partial charge on any atom is -0.482 e. The summed E-state index contributed by atoms with van der Waals surface area (Å²) in [7, 11) is 0. The largest absolute Gasteiger partial charge is 0.482 e. The molecule has 0 saturated carbocycles. The van der Waals surface area contributed by atoms with Crippen LogP contribution in [0.2, 0.25) is 0 Å². The number of rotatable bonds is 28. The van der Waals surface area contributed by atoms with Gasteiger partial charge in [0.15, 0.2) is 0 Å². The van der Waals surface area contributed by atoms with E-state index < -0.39 is 0 Å². The molecule has 0 unspecified atom stereocenters. The average Bonchev–Trinajstić information content (AvgIpc) is 1.57. The molecule has 12 rings (SSSR count). The summed E-state index contributed by atoms with van der Waals surface area (Å²) >= 11 is 2.26. The van der Waals surface area contributed by atoms with E-state index in [1.54, 1.807) is 12.2 Å². The van der Waals surface area contributed by atoms with E-state index in [1.807, 2.05) is 243 Å². The first kappa shape index (κ1) is 69.0. The van der Waals surface area contributed by atoms with Gasteiger partial charge in [-0.15, -0.1) is 0 Å². The Morgan fingerprint density at radius 1 is 0.271 bits per heavy atom. The lowest BCUT2D eigenvalue weighted by molar-refractivity contribution is 0.226. The standard InChI is InChI=1S/2C20H18N2O2.C19H17IN2O2.C19H18N2O3/c2*1-2-18-19(23-13-16-9-5-3-6-10-16)20(22-15-21-18)24-14-17-11-7-4-8-12-17;20-11-17-18(23-12-15-7-3-1-4-8-15)19(22-14-21-17)24-13-16-9-5-2-6-10-16;22-11-17-18(23-12-15-7-3-1-4-8-15)19(21-14-20-17)24-13-16-9-5-2-6-10-16/h2*2-12,15H,1,13-14H2;1-10,14H,11-13H2;1-10,14,22H,11-13H2. The predicted molar refractivity (Wildman–Crippen MR) is 378 cm³/mol. The summed E-state index contributed by atoms with van der Waals surface area (Å²) in [6.45, 7) is 10.6. The van der Waals surface area contributed by atoms with Crippen LogP contribution in [-0.4, -0.2) is 45.0 Å². The van der Waals surface area contributed by atoms with Crippen molar-refractivity contribution in [3.8, 4) is 46.5 Å². The third kappa shape index (κ3) is 22.5. The van der Waals surface area contributed by atoms with Crippen LogP contribution in [0.25, 0.3) is 12.2 Å². The Hall–Kier alpha value is -11.4. The van der Waals surface area contributed by atoms with Crippen molar-refractivity contribution in [2.75, 3.05) is 0 Å². The Balaban J connectivity index is 0.000000150. The fourth-order valence-corrected chi connectivity index (χ4v) is 9.36. The molecule has 0 atom stereocenters. The molecule has 0 aliphatic carbocycles. The molecule has 4 aromatic heterocycles. The van der Waals surface area contributed by atoms with Crippen LogP contribution >= 0.6 is 22.6 Å². The maximum Gasteiger partial charge on any atom is 0.261 e. The number of hydrogen-bond acceptors (Lipinski definition) is 17. The van der Waals surface area contributed by atoms with Crippen LogP contribution in [0.4, 0.5) is 0 Å². The lowest BCUT2D eigenvalue weighted by Gasteiger charge is -2.14. The minimum absolute atomic E-state index is 0.242. The van der Waals surface area contributed by atoms with Gasteiger partial charge in [-0.05, 0) is 56.7 Å². The van der Waals surface area contributed by atoms with Crippen molar-refractivity contribution in [1.82, 2.24) is 39.9 Å². The van der Waals surface area contributed by atoms with Gasteiger partial charge in [-0.25, -0.2) is 19.9 Å². The normalized spacial score (nSPS) is 10.3. The molecule has 4 heterocycles. The lowest BCUT2D eigenvalue weighted by Crippen LogP contribution is -2.06. The highest BCUT2D eigenvalue weighted by molar-refractivity contribution is 14.1. The zero-order chi connectivity index (χ0) is 66.5. The molecule has 17 nitrogen and oxygen atoms in total. The second-order valence-corrected chi connectivity index (χ2v) is 21.4. The number of benzene rings is 8. The quantitative estimate of drug-likeness (QED) is 0.0358. The van der Waals surface area contributed by atoms with E-state index in [0.29, 0.717) is 116 Å². The first-order valence-corrected chi connectivity index (χ1v) is 32.1. The molecule has 0 amide bonds. The Bertz CT molecular complexity index is 3930. The van der Waals surface area contributed by atoms with Crippen LogP contribution in [0.15, 0.2) is 281 Å². The summed E-state index contributed by atoms with van der Waals surface area (Å²) in [6.07, 6.45) is 9.05. The molecule has 0 spiro atoms. The number of alkyl halides is 1. The molecule has 18 heteroatoms. The van der Waals surface area contributed by atoms with Crippen molar-refractivity contribution in [3.63, 3.8) is 0 Å². The van der Waals surface area contributed by atoms with Gasteiger partial charge in [0.1, 0.15) is 95.2 Å². The molecule has 96 heavy (non-hydrogen) atoms. The van der Waals surface area contributed by atoms with Gasteiger partial charge in [-0.2, -0.15) is 19.9 Å². The molecule has 0 aliphatic rings. The van der Waals surface area contributed by atoms with E-state index in [1.165, 1.54) is 25.3 Å². The summed E-state index contributed by atoms with van der Waals surface area (Å²) in [5.41, 5.74) is 10.9. The van der Waals surface area contributed by atoms with Crippen LogP contribution in [0.3, 0.4) is 0 Å². The average molecular weight is 1390 g/mol. The highest BCUT2D eigenvalue weighted by Crippen LogP contribution is 2.34. The van der Waals surface area contributed by atoms with E-state index in [0.717, 1.165) is 54.6 Å². The van der Waals surface area contributed by atoms with Gasteiger partial charge in [0.2, 0.25) is 23.0 Å². The number of halogens is 1. The fourth-order valence-electron chi connectivity index (χ4n) is 8.82. The number of nitrogens with zero attached hydrogens (tertiary/aromatic N) is 8. The molecule has 1 N–H and O–H groups in total. The second-order valence-electron chi connectivity index (χ2n) is 20.6. The maximum absolute atomic E-state index is 9.50. The molecule has 0 saturated heterocycles. The molecular formula is C78H71IN8O9. The van der Waals surface area contributed by atoms with Crippen molar-refractivity contribution >= 4 is 34.7 Å². The monoisotopic (exact) mass is 1390 g/mol. The molecule has 0 fully saturated rings. The van der Waals surface area contributed by atoms with Gasteiger partial charge >= 0.3 is 0 Å². The highest BCUT2D eigenvalue weighted by atomic mass is 127. The lowest BCUT2D eigenvalue weighted by atomic mass is 10.2. The van der Waals surface area contributed by atoms with E-state index >= 15 is 0 Å². The van der Waals surface area contributed by atoms with E-state index in [-0.39, 0.29) is 6.61 Å².